The minimum Gasteiger partial charge on any atom is -0.465 e. The lowest BCUT2D eigenvalue weighted by Crippen LogP contribution is -2.16. The molecule has 0 aliphatic heterocycles. The first-order valence-electron chi connectivity index (χ1n) is 8.06. The summed E-state index contributed by atoms with van der Waals surface area (Å²) in [6.45, 7) is 1.55. The molecular weight excluding hydrogens is 364 g/mol. The van der Waals surface area contributed by atoms with Crippen LogP contribution in [0.25, 0.3) is 0 Å². The highest BCUT2D eigenvalue weighted by atomic mass is 32.2. The average Bonchev–Trinajstić information content (AvgIpc) is 2.67. The number of amides is 2. The highest BCUT2D eigenvalue weighted by Crippen LogP contribution is 2.19. The van der Waals surface area contributed by atoms with Crippen LogP contribution >= 0.6 is 11.8 Å². The number of carbonyl (C=O) groups excluding carboxylic acids is 3. The number of methoxy groups -OCH3 is 1. The molecule has 0 fully saturated rings. The van der Waals surface area contributed by atoms with Crippen molar-refractivity contribution in [2.24, 2.45) is 0 Å². The Balaban J connectivity index is 1.98. The number of thioether (sulfide) groups is 1. The SMILES string of the molecule is COC(=O)c1ccc(NC(=O)/C(C)=C/C(=O)Nc2cccc(SC)c2)cc1. The van der Waals surface area contributed by atoms with Crippen LogP contribution in [-0.2, 0) is 14.3 Å². The zero-order valence-corrected chi connectivity index (χ0v) is 16.1. The van der Waals surface area contributed by atoms with E-state index < -0.39 is 11.9 Å². The summed E-state index contributed by atoms with van der Waals surface area (Å²) in [6, 6.07) is 13.7. The first-order chi connectivity index (χ1) is 12.9. The van der Waals surface area contributed by atoms with Gasteiger partial charge in [0, 0.05) is 27.9 Å². The van der Waals surface area contributed by atoms with Crippen LogP contribution in [0.4, 0.5) is 11.4 Å². The Labute approximate surface area is 162 Å². The first kappa shape index (κ1) is 20.3. The molecule has 0 radical (unpaired) electrons. The van der Waals surface area contributed by atoms with Crippen molar-refractivity contribution in [3.8, 4) is 0 Å². The maximum Gasteiger partial charge on any atom is 0.337 e. The molecule has 0 aromatic heterocycles. The van der Waals surface area contributed by atoms with Crippen LogP contribution < -0.4 is 10.6 Å². The van der Waals surface area contributed by atoms with Crippen LogP contribution in [0.15, 0.2) is 65.1 Å². The number of ether oxygens (including phenoxy) is 1. The highest BCUT2D eigenvalue weighted by molar-refractivity contribution is 7.98. The Morgan fingerprint density at radius 1 is 1.00 bits per heavy atom. The molecule has 27 heavy (non-hydrogen) atoms. The predicted octanol–water partition coefficient (Wildman–Crippen LogP) is 3.72. The summed E-state index contributed by atoms with van der Waals surface area (Å²) in [6.07, 6.45) is 3.19. The molecule has 2 aromatic carbocycles. The second-order valence-electron chi connectivity index (χ2n) is 5.57. The maximum absolute atomic E-state index is 12.2. The van der Waals surface area contributed by atoms with Crippen LogP contribution in [0.3, 0.4) is 0 Å². The maximum atomic E-state index is 12.2. The van der Waals surface area contributed by atoms with E-state index in [1.54, 1.807) is 49.0 Å². The van der Waals surface area contributed by atoms with E-state index in [1.807, 2.05) is 24.5 Å². The monoisotopic (exact) mass is 384 g/mol. The Morgan fingerprint density at radius 3 is 2.33 bits per heavy atom. The second kappa shape index (κ2) is 9.59. The van der Waals surface area contributed by atoms with Gasteiger partial charge in [0.15, 0.2) is 0 Å². The average molecular weight is 384 g/mol. The largest absolute Gasteiger partial charge is 0.465 e. The van der Waals surface area contributed by atoms with Gasteiger partial charge >= 0.3 is 5.97 Å². The molecule has 0 aliphatic rings. The number of carbonyl (C=O) groups is 3. The molecule has 0 unspecified atom stereocenters. The lowest BCUT2D eigenvalue weighted by atomic mass is 10.2. The fraction of sp³-hybridized carbons (Fsp3) is 0.150. The molecule has 6 nitrogen and oxygen atoms in total. The van der Waals surface area contributed by atoms with Gasteiger partial charge < -0.3 is 15.4 Å². The number of hydrogen-bond acceptors (Lipinski definition) is 5. The van der Waals surface area contributed by atoms with Gasteiger partial charge in [0.1, 0.15) is 0 Å². The van der Waals surface area contributed by atoms with E-state index in [9.17, 15) is 14.4 Å². The normalized spacial score (nSPS) is 10.9. The van der Waals surface area contributed by atoms with Crippen molar-refractivity contribution in [2.75, 3.05) is 24.0 Å². The lowest BCUT2D eigenvalue weighted by molar-refractivity contribution is -0.114. The van der Waals surface area contributed by atoms with Crippen molar-refractivity contribution in [3.05, 3.63) is 65.7 Å². The molecule has 0 spiro atoms. The van der Waals surface area contributed by atoms with Crippen LogP contribution in [0.2, 0.25) is 0 Å². The molecule has 7 heteroatoms. The third kappa shape index (κ3) is 6.00. The number of anilines is 2. The van der Waals surface area contributed by atoms with E-state index in [2.05, 4.69) is 15.4 Å². The third-order valence-electron chi connectivity index (χ3n) is 3.61. The van der Waals surface area contributed by atoms with E-state index in [4.69, 9.17) is 0 Å². The quantitative estimate of drug-likeness (QED) is 0.450. The minimum absolute atomic E-state index is 0.255. The van der Waals surface area contributed by atoms with Gasteiger partial charge in [-0.3, -0.25) is 9.59 Å². The van der Waals surface area contributed by atoms with Gasteiger partial charge in [-0.15, -0.1) is 11.8 Å². The van der Waals surface area contributed by atoms with Gasteiger partial charge in [-0.1, -0.05) is 6.07 Å². The number of hydrogen-bond donors (Lipinski definition) is 2. The zero-order valence-electron chi connectivity index (χ0n) is 15.2. The van der Waals surface area contributed by atoms with Gasteiger partial charge in [-0.25, -0.2) is 4.79 Å². The summed E-state index contributed by atoms with van der Waals surface area (Å²) in [7, 11) is 1.30. The lowest BCUT2D eigenvalue weighted by Gasteiger charge is -2.07. The topological polar surface area (TPSA) is 84.5 Å². The fourth-order valence-electron chi connectivity index (χ4n) is 2.18. The van der Waals surface area contributed by atoms with E-state index in [0.717, 1.165) is 4.90 Å². The fourth-order valence-corrected chi connectivity index (χ4v) is 2.64. The summed E-state index contributed by atoms with van der Waals surface area (Å²) >= 11 is 1.57. The molecule has 2 amide bonds. The predicted molar refractivity (Wildman–Crippen MR) is 107 cm³/mol. The van der Waals surface area contributed by atoms with Crippen LogP contribution in [0, 0.1) is 0 Å². The van der Waals surface area contributed by atoms with E-state index >= 15 is 0 Å². The highest BCUT2D eigenvalue weighted by Gasteiger charge is 2.09. The molecule has 0 bridgehead atoms. The summed E-state index contributed by atoms with van der Waals surface area (Å²) in [5.41, 5.74) is 1.81. The van der Waals surface area contributed by atoms with Crippen molar-refractivity contribution in [1.29, 1.82) is 0 Å². The van der Waals surface area contributed by atoms with Gasteiger partial charge in [-0.05, 0) is 55.6 Å². The minimum atomic E-state index is -0.453. The second-order valence-corrected chi connectivity index (χ2v) is 6.45. The molecule has 0 saturated carbocycles. The molecule has 140 valence electrons. The molecule has 0 saturated heterocycles. The van der Waals surface area contributed by atoms with E-state index in [0.29, 0.717) is 16.9 Å². The van der Waals surface area contributed by atoms with Crippen molar-refractivity contribution in [2.45, 2.75) is 11.8 Å². The molecule has 2 N–H and O–H groups in total. The van der Waals surface area contributed by atoms with Crippen molar-refractivity contribution < 1.29 is 19.1 Å². The standard InChI is InChI=1S/C20H20N2O4S/c1-13(11-18(23)21-16-5-4-6-17(12-16)27-3)19(24)22-15-9-7-14(8-10-15)20(25)26-2/h4-12H,1-3H3,(H,21,23)(H,22,24)/b13-11+. The Kier molecular flexibility index (Phi) is 7.19. The Morgan fingerprint density at radius 2 is 1.70 bits per heavy atom. The van der Waals surface area contributed by atoms with Crippen LogP contribution in [-0.4, -0.2) is 31.1 Å². The van der Waals surface area contributed by atoms with Crippen molar-refractivity contribution in [3.63, 3.8) is 0 Å². The van der Waals surface area contributed by atoms with Gasteiger partial charge in [0.2, 0.25) is 5.91 Å². The number of rotatable bonds is 6. The Hall–Kier alpha value is -3.06. The number of esters is 1. The molecular formula is C20H20N2O4S. The van der Waals surface area contributed by atoms with Crippen molar-refractivity contribution >= 4 is 40.9 Å². The van der Waals surface area contributed by atoms with E-state index in [1.165, 1.54) is 13.2 Å². The van der Waals surface area contributed by atoms with Gasteiger partial charge in [0.05, 0.1) is 12.7 Å². The van der Waals surface area contributed by atoms with Crippen LogP contribution in [0.1, 0.15) is 17.3 Å². The molecule has 0 atom stereocenters. The zero-order chi connectivity index (χ0) is 19.8. The smallest absolute Gasteiger partial charge is 0.337 e. The summed E-state index contributed by atoms with van der Waals surface area (Å²) in [5, 5.41) is 5.40. The molecule has 0 heterocycles. The third-order valence-corrected chi connectivity index (χ3v) is 4.33. The number of benzene rings is 2. The Bertz CT molecular complexity index is 876. The molecule has 0 aliphatic carbocycles. The molecule has 2 aromatic rings. The summed E-state index contributed by atoms with van der Waals surface area (Å²) in [4.78, 5) is 36.8. The van der Waals surface area contributed by atoms with Gasteiger partial charge in [0.25, 0.3) is 5.91 Å². The van der Waals surface area contributed by atoms with Crippen molar-refractivity contribution in [1.82, 2.24) is 0 Å². The summed E-state index contributed by atoms with van der Waals surface area (Å²) < 4.78 is 4.62. The first-order valence-corrected chi connectivity index (χ1v) is 9.28. The van der Waals surface area contributed by atoms with Gasteiger partial charge in [-0.2, -0.15) is 0 Å². The number of nitrogens with one attached hydrogen (secondary N) is 2. The summed E-state index contributed by atoms with van der Waals surface area (Å²) in [5.74, 6) is -1.25. The molecule has 2 rings (SSSR count). The van der Waals surface area contributed by atoms with Crippen LogP contribution in [0.5, 0.6) is 0 Å². The van der Waals surface area contributed by atoms with E-state index in [-0.39, 0.29) is 11.5 Å².